The van der Waals surface area contributed by atoms with E-state index in [-0.39, 0.29) is 18.3 Å². The molecule has 0 bridgehead atoms. The van der Waals surface area contributed by atoms with Gasteiger partial charge in [-0.05, 0) is 56.3 Å². The van der Waals surface area contributed by atoms with Crippen LogP contribution in [-0.2, 0) is 4.79 Å². The average Bonchev–Trinajstić information content (AvgIpc) is 2.54. The first-order valence-electron chi connectivity index (χ1n) is 8.43. The molecule has 2 N–H and O–H groups in total. The first-order chi connectivity index (χ1) is 10.7. The van der Waals surface area contributed by atoms with Crippen molar-refractivity contribution in [2.75, 3.05) is 25.0 Å². The molecule has 1 fully saturated rings. The Balaban J connectivity index is 0.00000264. The molecule has 1 amide bonds. The molecule has 0 spiro atoms. The van der Waals surface area contributed by atoms with Gasteiger partial charge in [0.25, 0.3) is 0 Å². The Morgan fingerprint density at radius 3 is 2.74 bits per heavy atom. The predicted octanol–water partition coefficient (Wildman–Crippen LogP) is 3.86. The first kappa shape index (κ1) is 19.8. The Labute approximate surface area is 145 Å². The zero-order valence-electron chi connectivity index (χ0n) is 14.1. The van der Waals surface area contributed by atoms with Crippen LogP contribution in [0.4, 0.5) is 5.69 Å². The smallest absolute Gasteiger partial charge is 0.224 e. The minimum absolute atomic E-state index is 0. The van der Waals surface area contributed by atoms with Crippen molar-refractivity contribution in [1.82, 2.24) is 5.32 Å². The third-order valence-corrected chi connectivity index (χ3v) is 4.32. The van der Waals surface area contributed by atoms with Crippen LogP contribution in [0.3, 0.4) is 0 Å². The fourth-order valence-corrected chi connectivity index (χ4v) is 2.98. The second-order valence-corrected chi connectivity index (χ2v) is 6.16. The summed E-state index contributed by atoms with van der Waals surface area (Å²) in [4.78, 5) is 12.3. The number of nitrogens with one attached hydrogen (secondary N) is 2. The summed E-state index contributed by atoms with van der Waals surface area (Å²) in [7, 11) is 0. The maximum Gasteiger partial charge on any atom is 0.224 e. The number of halogens is 1. The van der Waals surface area contributed by atoms with Gasteiger partial charge in [-0.15, -0.1) is 12.4 Å². The van der Waals surface area contributed by atoms with Crippen molar-refractivity contribution in [3.63, 3.8) is 0 Å². The maximum absolute atomic E-state index is 12.3. The lowest BCUT2D eigenvalue weighted by Gasteiger charge is -2.28. The van der Waals surface area contributed by atoms with Gasteiger partial charge in [0.15, 0.2) is 0 Å². The quantitative estimate of drug-likeness (QED) is 0.792. The molecule has 130 valence electrons. The third kappa shape index (κ3) is 6.40. The summed E-state index contributed by atoms with van der Waals surface area (Å²) in [5, 5.41) is 6.38. The first-order valence-corrected chi connectivity index (χ1v) is 8.43. The molecule has 2 rings (SSSR count). The van der Waals surface area contributed by atoms with E-state index in [1.807, 2.05) is 24.3 Å². The Morgan fingerprint density at radius 1 is 1.35 bits per heavy atom. The molecular formula is C18H29ClN2O2. The maximum atomic E-state index is 12.3. The number of carbonyl (C=O) groups excluding carboxylic acids is 1. The fraction of sp³-hybridized carbons (Fsp3) is 0.611. The molecule has 1 heterocycles. The van der Waals surface area contributed by atoms with Gasteiger partial charge in [-0.2, -0.15) is 0 Å². The number of piperidine rings is 1. The molecule has 23 heavy (non-hydrogen) atoms. The highest BCUT2D eigenvalue weighted by molar-refractivity contribution is 5.92. The largest absolute Gasteiger partial charge is 0.491 e. The third-order valence-electron chi connectivity index (χ3n) is 4.32. The Kier molecular flexibility index (Phi) is 9.03. The molecule has 4 nitrogen and oxygen atoms in total. The van der Waals surface area contributed by atoms with Gasteiger partial charge in [0.1, 0.15) is 5.75 Å². The molecular weight excluding hydrogens is 312 g/mol. The zero-order valence-corrected chi connectivity index (χ0v) is 15.0. The van der Waals surface area contributed by atoms with Crippen molar-refractivity contribution in [2.45, 2.75) is 39.5 Å². The van der Waals surface area contributed by atoms with E-state index in [1.165, 1.54) is 12.8 Å². The molecule has 1 unspecified atom stereocenters. The van der Waals surface area contributed by atoms with Crippen molar-refractivity contribution in [3.8, 4) is 5.75 Å². The lowest BCUT2D eigenvalue weighted by molar-refractivity contribution is -0.117. The highest BCUT2D eigenvalue weighted by Gasteiger charge is 2.22. The van der Waals surface area contributed by atoms with E-state index in [1.54, 1.807) is 0 Å². The van der Waals surface area contributed by atoms with Crippen LogP contribution in [0.15, 0.2) is 24.3 Å². The topological polar surface area (TPSA) is 50.4 Å². The zero-order chi connectivity index (χ0) is 15.8. The molecule has 1 saturated heterocycles. The van der Waals surface area contributed by atoms with Gasteiger partial charge in [-0.1, -0.05) is 26.0 Å². The molecule has 1 aromatic rings. The van der Waals surface area contributed by atoms with Gasteiger partial charge in [-0.25, -0.2) is 0 Å². The predicted molar refractivity (Wildman–Crippen MR) is 97.5 cm³/mol. The van der Waals surface area contributed by atoms with Crippen LogP contribution in [0.2, 0.25) is 0 Å². The SMILES string of the molecule is CCCOc1ccccc1NC(=O)CC(C)C1CCNCC1.Cl. The Hall–Kier alpha value is -1.26. The van der Waals surface area contributed by atoms with E-state index in [9.17, 15) is 4.79 Å². The molecule has 0 saturated carbocycles. The lowest BCUT2D eigenvalue weighted by Crippen LogP contribution is -2.32. The van der Waals surface area contributed by atoms with Gasteiger partial charge in [0.05, 0.1) is 12.3 Å². The second kappa shape index (κ2) is 10.5. The van der Waals surface area contributed by atoms with Crippen molar-refractivity contribution >= 4 is 24.0 Å². The van der Waals surface area contributed by atoms with Crippen LogP contribution in [0.25, 0.3) is 0 Å². The number of ether oxygens (including phenoxy) is 1. The van der Waals surface area contributed by atoms with Crippen molar-refractivity contribution in [1.29, 1.82) is 0 Å². The molecule has 0 aromatic heterocycles. The average molecular weight is 341 g/mol. The van der Waals surface area contributed by atoms with Crippen LogP contribution >= 0.6 is 12.4 Å². The van der Waals surface area contributed by atoms with Crippen LogP contribution < -0.4 is 15.4 Å². The van der Waals surface area contributed by atoms with Crippen molar-refractivity contribution in [2.24, 2.45) is 11.8 Å². The van der Waals surface area contributed by atoms with Crippen LogP contribution in [0, 0.1) is 11.8 Å². The number of benzene rings is 1. The Morgan fingerprint density at radius 2 is 2.04 bits per heavy atom. The van der Waals surface area contributed by atoms with E-state index in [4.69, 9.17) is 4.74 Å². The summed E-state index contributed by atoms with van der Waals surface area (Å²) in [6.07, 6.45) is 3.87. The monoisotopic (exact) mass is 340 g/mol. The van der Waals surface area contributed by atoms with Gasteiger partial charge >= 0.3 is 0 Å². The number of amides is 1. The Bertz CT molecular complexity index is 476. The molecule has 1 atom stereocenters. The van der Waals surface area contributed by atoms with Gasteiger partial charge in [-0.3, -0.25) is 4.79 Å². The van der Waals surface area contributed by atoms with Gasteiger partial charge < -0.3 is 15.4 Å². The van der Waals surface area contributed by atoms with Crippen LogP contribution in [0.1, 0.15) is 39.5 Å². The number of hydrogen-bond donors (Lipinski definition) is 2. The summed E-state index contributed by atoms with van der Waals surface area (Å²) in [5.74, 6) is 1.91. The fourth-order valence-electron chi connectivity index (χ4n) is 2.98. The summed E-state index contributed by atoms with van der Waals surface area (Å²) in [6, 6.07) is 7.66. The highest BCUT2D eigenvalue weighted by atomic mass is 35.5. The van der Waals surface area contributed by atoms with E-state index >= 15 is 0 Å². The van der Waals surface area contributed by atoms with Crippen LogP contribution in [-0.4, -0.2) is 25.6 Å². The normalized spacial score (nSPS) is 16.3. The summed E-state index contributed by atoms with van der Waals surface area (Å²) < 4.78 is 5.69. The molecule has 1 aliphatic heterocycles. The molecule has 1 aromatic carbocycles. The summed E-state index contributed by atoms with van der Waals surface area (Å²) in [5.41, 5.74) is 0.776. The van der Waals surface area contributed by atoms with Crippen molar-refractivity contribution < 1.29 is 9.53 Å². The molecule has 0 radical (unpaired) electrons. The van der Waals surface area contributed by atoms with Gasteiger partial charge in [0.2, 0.25) is 5.91 Å². The lowest BCUT2D eigenvalue weighted by atomic mass is 9.84. The summed E-state index contributed by atoms with van der Waals surface area (Å²) >= 11 is 0. The minimum Gasteiger partial charge on any atom is -0.491 e. The number of carbonyl (C=O) groups is 1. The minimum atomic E-state index is 0. The van der Waals surface area contributed by atoms with E-state index in [2.05, 4.69) is 24.5 Å². The highest BCUT2D eigenvalue weighted by Crippen LogP contribution is 2.27. The number of hydrogen-bond acceptors (Lipinski definition) is 3. The van der Waals surface area contributed by atoms with E-state index < -0.39 is 0 Å². The van der Waals surface area contributed by atoms with Crippen LogP contribution in [0.5, 0.6) is 5.75 Å². The molecule has 0 aliphatic carbocycles. The molecule has 1 aliphatic rings. The number of para-hydroxylation sites is 2. The standard InChI is InChI=1S/C18H28N2O2.ClH/c1-3-12-22-17-7-5-4-6-16(17)20-18(21)13-14(2)15-8-10-19-11-9-15;/h4-7,14-15,19H,3,8-13H2,1-2H3,(H,20,21);1H. The van der Waals surface area contributed by atoms with E-state index in [0.717, 1.165) is 30.9 Å². The second-order valence-electron chi connectivity index (χ2n) is 6.16. The summed E-state index contributed by atoms with van der Waals surface area (Å²) in [6.45, 7) is 7.07. The molecule has 5 heteroatoms. The van der Waals surface area contributed by atoms with Gasteiger partial charge in [0, 0.05) is 6.42 Å². The van der Waals surface area contributed by atoms with E-state index in [0.29, 0.717) is 24.9 Å². The number of rotatable bonds is 7. The number of anilines is 1. The van der Waals surface area contributed by atoms with Crippen molar-refractivity contribution in [3.05, 3.63) is 24.3 Å².